The third kappa shape index (κ3) is 3.94. The van der Waals surface area contributed by atoms with E-state index in [1.807, 2.05) is 83.9 Å². The Hall–Kier alpha value is -4.07. The van der Waals surface area contributed by atoms with Crippen molar-refractivity contribution in [3.05, 3.63) is 77.6 Å². The quantitative estimate of drug-likeness (QED) is 0.469. The summed E-state index contributed by atoms with van der Waals surface area (Å²) in [5.41, 5.74) is 5.33. The summed E-state index contributed by atoms with van der Waals surface area (Å²) in [5, 5.41) is 19.6. The Kier molecular flexibility index (Phi) is 5.10. The van der Waals surface area contributed by atoms with Gasteiger partial charge in [-0.25, -0.2) is 9.36 Å². The molecule has 8 heteroatoms. The average Bonchev–Trinajstić information content (AvgIpc) is 3.46. The molecule has 0 radical (unpaired) electrons. The summed E-state index contributed by atoms with van der Waals surface area (Å²) in [5.74, 6) is 0.508. The number of carbonyl (C=O) groups is 1. The van der Waals surface area contributed by atoms with Crippen molar-refractivity contribution in [3.8, 4) is 17.1 Å². The van der Waals surface area contributed by atoms with Crippen LogP contribution in [0.5, 0.6) is 0 Å². The summed E-state index contributed by atoms with van der Waals surface area (Å²) in [7, 11) is 0. The number of anilines is 1. The number of amides is 1. The lowest BCUT2D eigenvalue weighted by Gasteiger charge is -2.06. The zero-order valence-corrected chi connectivity index (χ0v) is 17.9. The molecule has 1 fully saturated rings. The highest BCUT2D eigenvalue weighted by Crippen LogP contribution is 2.36. The molecule has 160 valence electrons. The van der Waals surface area contributed by atoms with Crippen molar-refractivity contribution in [1.82, 2.24) is 30.0 Å². The molecule has 4 aromatic rings. The standard InChI is InChI=1S/C24H23N7O/c1-16-22(17(2)30(27-16)20-9-4-3-5-10-20)13-14-23(32)25-19-8-6-7-18(15-19)24-26-28-29-31(24)21-11-12-21/h3-10,13-15,21H,11-12H2,1-2H3,(H,25,32)/b14-13+. The fraction of sp³-hybridized carbons (Fsp3) is 0.208. The summed E-state index contributed by atoms with van der Waals surface area (Å²) >= 11 is 0. The van der Waals surface area contributed by atoms with Gasteiger partial charge in [0.15, 0.2) is 5.82 Å². The first-order valence-electron chi connectivity index (χ1n) is 10.6. The smallest absolute Gasteiger partial charge is 0.248 e. The van der Waals surface area contributed by atoms with Gasteiger partial charge < -0.3 is 5.32 Å². The molecule has 32 heavy (non-hydrogen) atoms. The van der Waals surface area contributed by atoms with Crippen LogP contribution in [0.2, 0.25) is 0 Å². The zero-order valence-electron chi connectivity index (χ0n) is 17.9. The van der Waals surface area contributed by atoms with Crippen LogP contribution in [-0.4, -0.2) is 35.9 Å². The molecule has 0 saturated heterocycles. The lowest BCUT2D eigenvalue weighted by Crippen LogP contribution is -2.08. The molecular weight excluding hydrogens is 402 g/mol. The maximum absolute atomic E-state index is 12.6. The number of aryl methyl sites for hydroxylation is 1. The molecule has 2 aromatic heterocycles. The second kappa shape index (κ2) is 8.22. The number of hydrogen-bond acceptors (Lipinski definition) is 5. The predicted octanol–water partition coefficient (Wildman–Crippen LogP) is 4.13. The number of benzene rings is 2. The Morgan fingerprint density at radius 1 is 1.09 bits per heavy atom. The van der Waals surface area contributed by atoms with E-state index in [2.05, 4.69) is 25.9 Å². The molecule has 0 aliphatic heterocycles. The Morgan fingerprint density at radius 3 is 2.69 bits per heavy atom. The molecule has 2 aromatic carbocycles. The lowest BCUT2D eigenvalue weighted by atomic mass is 10.1. The fourth-order valence-corrected chi connectivity index (χ4v) is 3.74. The van der Waals surface area contributed by atoms with Crippen molar-refractivity contribution >= 4 is 17.7 Å². The second-order valence-corrected chi connectivity index (χ2v) is 7.91. The van der Waals surface area contributed by atoms with Gasteiger partial charge in [-0.15, -0.1) is 5.10 Å². The van der Waals surface area contributed by atoms with Gasteiger partial charge in [-0.05, 0) is 67.5 Å². The van der Waals surface area contributed by atoms with Gasteiger partial charge >= 0.3 is 0 Å². The van der Waals surface area contributed by atoms with E-state index >= 15 is 0 Å². The van der Waals surface area contributed by atoms with E-state index in [-0.39, 0.29) is 5.91 Å². The molecule has 1 aliphatic carbocycles. The van der Waals surface area contributed by atoms with Gasteiger partial charge in [-0.2, -0.15) is 5.10 Å². The first-order valence-corrected chi connectivity index (χ1v) is 10.6. The van der Waals surface area contributed by atoms with Crippen molar-refractivity contribution in [2.24, 2.45) is 0 Å². The highest BCUT2D eigenvalue weighted by atomic mass is 16.1. The van der Waals surface area contributed by atoms with Crippen LogP contribution >= 0.6 is 0 Å². The third-order valence-electron chi connectivity index (χ3n) is 5.52. The molecule has 2 heterocycles. The van der Waals surface area contributed by atoms with Gasteiger partial charge in [0.25, 0.3) is 0 Å². The van der Waals surface area contributed by atoms with E-state index in [1.54, 1.807) is 0 Å². The monoisotopic (exact) mass is 425 g/mol. The number of rotatable bonds is 6. The van der Waals surface area contributed by atoms with Gasteiger partial charge in [0, 0.05) is 28.6 Å². The number of aromatic nitrogens is 6. The maximum atomic E-state index is 12.6. The number of nitrogens with zero attached hydrogens (tertiary/aromatic N) is 6. The van der Waals surface area contributed by atoms with Crippen LogP contribution in [0.3, 0.4) is 0 Å². The van der Waals surface area contributed by atoms with Crippen LogP contribution in [0.4, 0.5) is 5.69 Å². The van der Waals surface area contributed by atoms with E-state index in [1.165, 1.54) is 6.08 Å². The molecular formula is C24H23N7O. The summed E-state index contributed by atoms with van der Waals surface area (Å²) in [4.78, 5) is 12.6. The topological polar surface area (TPSA) is 90.5 Å². The molecule has 0 bridgehead atoms. The van der Waals surface area contributed by atoms with Crippen molar-refractivity contribution in [2.45, 2.75) is 32.7 Å². The molecule has 0 spiro atoms. The van der Waals surface area contributed by atoms with Gasteiger partial charge in [0.05, 0.1) is 17.4 Å². The van der Waals surface area contributed by atoms with E-state index < -0.39 is 0 Å². The number of para-hydroxylation sites is 1. The van der Waals surface area contributed by atoms with E-state index in [0.717, 1.165) is 46.9 Å². The number of nitrogens with one attached hydrogen (secondary N) is 1. The number of tetrazole rings is 1. The van der Waals surface area contributed by atoms with Gasteiger partial charge in [-0.1, -0.05) is 30.3 Å². The Labute approximate surface area is 185 Å². The van der Waals surface area contributed by atoms with Crippen LogP contribution in [-0.2, 0) is 4.79 Å². The van der Waals surface area contributed by atoms with E-state index in [0.29, 0.717) is 11.7 Å². The van der Waals surface area contributed by atoms with Crippen LogP contribution in [0.25, 0.3) is 23.2 Å². The molecule has 0 atom stereocenters. The Morgan fingerprint density at radius 2 is 1.91 bits per heavy atom. The normalized spacial score (nSPS) is 13.6. The highest BCUT2D eigenvalue weighted by Gasteiger charge is 2.28. The maximum Gasteiger partial charge on any atom is 0.248 e. The minimum atomic E-state index is -0.213. The molecule has 1 N–H and O–H groups in total. The zero-order chi connectivity index (χ0) is 22.1. The van der Waals surface area contributed by atoms with Crippen LogP contribution < -0.4 is 5.32 Å². The highest BCUT2D eigenvalue weighted by molar-refractivity contribution is 6.02. The second-order valence-electron chi connectivity index (χ2n) is 7.91. The largest absolute Gasteiger partial charge is 0.322 e. The average molecular weight is 425 g/mol. The van der Waals surface area contributed by atoms with Crippen molar-refractivity contribution in [1.29, 1.82) is 0 Å². The van der Waals surface area contributed by atoms with Crippen molar-refractivity contribution < 1.29 is 4.79 Å². The van der Waals surface area contributed by atoms with Gasteiger partial charge in [-0.3, -0.25) is 4.79 Å². The Bertz CT molecular complexity index is 1300. The fourth-order valence-electron chi connectivity index (χ4n) is 3.74. The Balaban J connectivity index is 1.32. The van der Waals surface area contributed by atoms with E-state index in [4.69, 9.17) is 0 Å². The molecule has 8 nitrogen and oxygen atoms in total. The molecule has 1 aliphatic rings. The number of carbonyl (C=O) groups excluding carboxylic acids is 1. The molecule has 5 rings (SSSR count). The van der Waals surface area contributed by atoms with Gasteiger partial charge in [0.1, 0.15) is 0 Å². The lowest BCUT2D eigenvalue weighted by molar-refractivity contribution is -0.111. The molecule has 1 saturated carbocycles. The minimum Gasteiger partial charge on any atom is -0.322 e. The minimum absolute atomic E-state index is 0.213. The predicted molar refractivity (Wildman–Crippen MR) is 122 cm³/mol. The van der Waals surface area contributed by atoms with E-state index in [9.17, 15) is 4.79 Å². The van der Waals surface area contributed by atoms with Crippen LogP contribution in [0.15, 0.2) is 60.7 Å². The van der Waals surface area contributed by atoms with Gasteiger partial charge in [0.2, 0.25) is 5.91 Å². The van der Waals surface area contributed by atoms with Crippen LogP contribution in [0, 0.1) is 13.8 Å². The number of hydrogen-bond donors (Lipinski definition) is 1. The van der Waals surface area contributed by atoms with Crippen LogP contribution in [0.1, 0.15) is 35.8 Å². The first kappa shape index (κ1) is 19.9. The van der Waals surface area contributed by atoms with Crippen molar-refractivity contribution in [3.63, 3.8) is 0 Å². The van der Waals surface area contributed by atoms with Crippen molar-refractivity contribution in [2.75, 3.05) is 5.32 Å². The summed E-state index contributed by atoms with van der Waals surface area (Å²) in [6, 6.07) is 17.9. The summed E-state index contributed by atoms with van der Waals surface area (Å²) in [6.45, 7) is 3.94. The molecule has 1 amide bonds. The summed E-state index contributed by atoms with van der Waals surface area (Å²) < 4.78 is 3.75. The first-order chi connectivity index (χ1) is 15.6. The third-order valence-corrected chi connectivity index (χ3v) is 5.52. The SMILES string of the molecule is Cc1nn(-c2ccccc2)c(C)c1/C=C/C(=O)Nc1cccc(-c2nnnn2C2CC2)c1. The summed E-state index contributed by atoms with van der Waals surface area (Å²) in [6.07, 6.45) is 5.54. The molecule has 0 unspecified atom stereocenters.